The molecule has 0 unspecified atom stereocenters. The summed E-state index contributed by atoms with van der Waals surface area (Å²) in [4.78, 5) is 12.8. The number of amides is 1. The highest BCUT2D eigenvalue weighted by Gasteiger charge is 2.29. The zero-order valence-electron chi connectivity index (χ0n) is 19.5. The first kappa shape index (κ1) is 25.5. The van der Waals surface area contributed by atoms with Crippen molar-refractivity contribution in [2.24, 2.45) is 5.10 Å². The summed E-state index contributed by atoms with van der Waals surface area (Å²) in [6, 6.07) is 20.2. The number of sulfonamides is 1. The van der Waals surface area contributed by atoms with Crippen LogP contribution in [0.4, 0.5) is 5.69 Å². The van der Waals surface area contributed by atoms with Crippen molar-refractivity contribution in [2.75, 3.05) is 24.6 Å². The Morgan fingerprint density at radius 2 is 1.86 bits per heavy atom. The molecule has 0 aliphatic rings. The molecule has 0 spiro atoms. The Kier molecular flexibility index (Phi) is 8.63. The van der Waals surface area contributed by atoms with E-state index in [-0.39, 0.29) is 10.6 Å². The van der Waals surface area contributed by atoms with Gasteiger partial charge < -0.3 is 9.47 Å². The molecule has 3 aromatic carbocycles. The van der Waals surface area contributed by atoms with E-state index >= 15 is 0 Å². The minimum Gasteiger partial charge on any atom is -0.495 e. The zero-order chi connectivity index (χ0) is 25.3. The van der Waals surface area contributed by atoms with Gasteiger partial charge in [-0.05, 0) is 54.4 Å². The maximum Gasteiger partial charge on any atom is 0.264 e. The number of hydrogen-bond acceptors (Lipinski definition) is 6. The third-order valence-corrected chi connectivity index (χ3v) is 6.62. The molecule has 0 bridgehead atoms. The van der Waals surface area contributed by atoms with Crippen LogP contribution in [0.5, 0.6) is 11.5 Å². The average Bonchev–Trinajstić information content (AvgIpc) is 2.86. The number of anilines is 1. The predicted molar refractivity (Wildman–Crippen MR) is 137 cm³/mol. The van der Waals surface area contributed by atoms with Gasteiger partial charge in [0.15, 0.2) is 0 Å². The molecular weight excluding hydrogens is 466 g/mol. The van der Waals surface area contributed by atoms with E-state index in [4.69, 9.17) is 9.47 Å². The van der Waals surface area contributed by atoms with Crippen LogP contribution in [0.3, 0.4) is 0 Å². The highest BCUT2D eigenvalue weighted by molar-refractivity contribution is 7.92. The summed E-state index contributed by atoms with van der Waals surface area (Å²) in [5.41, 5.74) is 4.16. The van der Waals surface area contributed by atoms with Gasteiger partial charge in [0.05, 0.1) is 23.9 Å². The lowest BCUT2D eigenvalue weighted by Gasteiger charge is -2.25. The van der Waals surface area contributed by atoms with Crippen molar-refractivity contribution in [1.29, 1.82) is 0 Å². The Bertz CT molecular complexity index is 1310. The van der Waals surface area contributed by atoms with Gasteiger partial charge >= 0.3 is 0 Å². The topological polar surface area (TPSA) is 97.3 Å². The number of hydrazone groups is 1. The first-order valence-corrected chi connectivity index (χ1v) is 12.2. The van der Waals surface area contributed by atoms with Crippen molar-refractivity contribution in [3.8, 4) is 11.5 Å². The Morgan fingerprint density at radius 1 is 1.09 bits per heavy atom. The number of carbonyl (C=O) groups excluding carboxylic acids is 1. The van der Waals surface area contributed by atoms with Crippen LogP contribution in [0.25, 0.3) is 0 Å². The van der Waals surface area contributed by atoms with Gasteiger partial charge in [-0.2, -0.15) is 5.10 Å². The van der Waals surface area contributed by atoms with Crippen molar-refractivity contribution >= 4 is 27.8 Å². The first-order valence-electron chi connectivity index (χ1n) is 10.7. The fraction of sp³-hybridized carbons (Fsp3) is 0.154. The molecule has 0 aliphatic heterocycles. The first-order chi connectivity index (χ1) is 16.8. The molecule has 1 N–H and O–H groups in total. The molecule has 8 nitrogen and oxygen atoms in total. The van der Waals surface area contributed by atoms with Crippen molar-refractivity contribution < 1.29 is 22.7 Å². The molecule has 0 aliphatic carbocycles. The SMILES string of the molecule is C=CCOc1cccc(/C=N\NC(=O)CN(c2cc(C)ccc2OC)S(=O)(=O)c2ccccc2)c1. The van der Waals surface area contributed by atoms with Crippen LogP contribution in [-0.2, 0) is 14.8 Å². The molecule has 0 saturated heterocycles. The lowest BCUT2D eigenvalue weighted by atomic mass is 10.2. The van der Waals surface area contributed by atoms with E-state index in [0.29, 0.717) is 23.7 Å². The monoisotopic (exact) mass is 493 g/mol. The van der Waals surface area contributed by atoms with Crippen LogP contribution >= 0.6 is 0 Å². The number of ether oxygens (including phenoxy) is 2. The minimum atomic E-state index is -4.07. The van der Waals surface area contributed by atoms with Gasteiger partial charge in [0, 0.05) is 0 Å². The summed E-state index contributed by atoms with van der Waals surface area (Å²) in [5.74, 6) is 0.331. The number of methoxy groups -OCH3 is 1. The fourth-order valence-electron chi connectivity index (χ4n) is 3.20. The van der Waals surface area contributed by atoms with Crippen molar-refractivity contribution in [1.82, 2.24) is 5.43 Å². The number of benzene rings is 3. The summed E-state index contributed by atoms with van der Waals surface area (Å²) in [7, 11) is -2.63. The van der Waals surface area contributed by atoms with Crippen LogP contribution in [-0.4, -0.2) is 40.8 Å². The van der Waals surface area contributed by atoms with Crippen LogP contribution in [0, 0.1) is 6.92 Å². The molecule has 0 atom stereocenters. The van der Waals surface area contributed by atoms with Crippen LogP contribution < -0.4 is 19.2 Å². The summed E-state index contributed by atoms with van der Waals surface area (Å²) >= 11 is 0. The highest BCUT2D eigenvalue weighted by Crippen LogP contribution is 2.33. The normalized spacial score (nSPS) is 11.1. The fourth-order valence-corrected chi connectivity index (χ4v) is 4.64. The molecule has 1 amide bonds. The molecule has 0 saturated carbocycles. The highest BCUT2D eigenvalue weighted by atomic mass is 32.2. The molecule has 9 heteroatoms. The predicted octanol–water partition coefficient (Wildman–Crippen LogP) is 3.91. The zero-order valence-corrected chi connectivity index (χ0v) is 20.4. The van der Waals surface area contributed by atoms with Crippen molar-refractivity contribution in [2.45, 2.75) is 11.8 Å². The van der Waals surface area contributed by atoms with Crippen molar-refractivity contribution in [3.63, 3.8) is 0 Å². The largest absolute Gasteiger partial charge is 0.495 e. The molecule has 3 aromatic rings. The Labute approximate surface area is 205 Å². The van der Waals surface area contributed by atoms with Gasteiger partial charge in [-0.15, -0.1) is 0 Å². The summed E-state index contributed by atoms with van der Waals surface area (Å²) in [5, 5.41) is 3.97. The second kappa shape index (κ2) is 11.8. The molecular formula is C26H27N3O5S. The van der Waals surface area contributed by atoms with E-state index < -0.39 is 22.5 Å². The summed E-state index contributed by atoms with van der Waals surface area (Å²) in [6.07, 6.45) is 3.08. The van der Waals surface area contributed by atoms with E-state index in [0.717, 1.165) is 9.87 Å². The van der Waals surface area contributed by atoms with Crippen LogP contribution in [0.1, 0.15) is 11.1 Å². The van der Waals surface area contributed by atoms with E-state index in [1.165, 1.54) is 25.5 Å². The van der Waals surface area contributed by atoms with Gasteiger partial charge in [0.1, 0.15) is 24.7 Å². The van der Waals surface area contributed by atoms with Crippen LogP contribution in [0.15, 0.2) is 95.4 Å². The Balaban J connectivity index is 1.84. The maximum absolute atomic E-state index is 13.5. The molecule has 0 fully saturated rings. The molecule has 3 rings (SSSR count). The van der Waals surface area contributed by atoms with E-state index in [2.05, 4.69) is 17.1 Å². The van der Waals surface area contributed by atoms with E-state index in [1.807, 2.05) is 6.92 Å². The number of nitrogens with zero attached hydrogens (tertiary/aromatic N) is 2. The third-order valence-electron chi connectivity index (χ3n) is 4.85. The lowest BCUT2D eigenvalue weighted by Crippen LogP contribution is -2.39. The average molecular weight is 494 g/mol. The Hall–Kier alpha value is -4.11. The summed E-state index contributed by atoms with van der Waals surface area (Å²) < 4.78 is 38.9. The van der Waals surface area contributed by atoms with E-state index in [9.17, 15) is 13.2 Å². The second-order valence-corrected chi connectivity index (χ2v) is 9.33. The number of carbonyl (C=O) groups is 1. The third kappa shape index (κ3) is 6.70. The number of aryl methyl sites for hydroxylation is 1. The molecule has 35 heavy (non-hydrogen) atoms. The van der Waals surface area contributed by atoms with Crippen LogP contribution in [0.2, 0.25) is 0 Å². The molecule has 0 aromatic heterocycles. The lowest BCUT2D eigenvalue weighted by molar-refractivity contribution is -0.119. The molecule has 0 heterocycles. The summed E-state index contributed by atoms with van der Waals surface area (Å²) in [6.45, 7) is 5.30. The van der Waals surface area contributed by atoms with Gasteiger partial charge in [-0.1, -0.05) is 49.1 Å². The van der Waals surface area contributed by atoms with Gasteiger partial charge in [0.25, 0.3) is 15.9 Å². The van der Waals surface area contributed by atoms with Gasteiger partial charge in [0.2, 0.25) is 0 Å². The quantitative estimate of drug-likeness (QED) is 0.248. The van der Waals surface area contributed by atoms with Crippen molar-refractivity contribution in [3.05, 3.63) is 96.6 Å². The standard InChI is InChI=1S/C26H27N3O5S/c1-4-15-34-22-10-8-9-21(17-22)18-27-28-26(30)19-29(24-16-20(2)13-14-25(24)33-3)35(31,32)23-11-6-5-7-12-23/h4-14,16-18H,1,15,19H2,2-3H3,(H,28,30)/b27-18-. The molecule has 182 valence electrons. The minimum absolute atomic E-state index is 0.0520. The van der Waals surface area contributed by atoms with E-state index in [1.54, 1.807) is 66.7 Å². The second-order valence-electron chi connectivity index (χ2n) is 7.47. The molecule has 0 radical (unpaired) electrons. The smallest absolute Gasteiger partial charge is 0.264 e. The van der Waals surface area contributed by atoms with Gasteiger partial charge in [-0.25, -0.2) is 13.8 Å². The van der Waals surface area contributed by atoms with Gasteiger partial charge in [-0.3, -0.25) is 9.10 Å². The Morgan fingerprint density at radius 3 is 2.57 bits per heavy atom. The number of hydrogen-bond donors (Lipinski definition) is 1. The number of rotatable bonds is 11. The maximum atomic E-state index is 13.5. The number of nitrogens with one attached hydrogen (secondary N) is 1.